The molecule has 1 amide bonds. The van der Waals surface area contributed by atoms with Crippen LogP contribution in [0.25, 0.3) is 10.9 Å². The largest absolute Gasteiger partial charge is 0.466 e. The maximum absolute atomic E-state index is 13.6. The van der Waals surface area contributed by atoms with E-state index < -0.39 is 0 Å². The second-order valence-electron chi connectivity index (χ2n) is 9.28. The number of fused-ring (bicyclic) bond motifs is 1. The third-order valence-electron chi connectivity index (χ3n) is 6.57. The summed E-state index contributed by atoms with van der Waals surface area (Å²) in [4.78, 5) is 32.8. The van der Waals surface area contributed by atoms with Crippen molar-refractivity contribution in [2.24, 2.45) is 0 Å². The van der Waals surface area contributed by atoms with E-state index in [4.69, 9.17) is 27.9 Å². The Bertz CT molecular complexity index is 1190. The fourth-order valence-corrected chi connectivity index (χ4v) is 4.83. The highest BCUT2D eigenvalue weighted by molar-refractivity contribution is 6.42. The molecule has 4 rings (SSSR count). The van der Waals surface area contributed by atoms with E-state index in [-0.39, 0.29) is 11.9 Å². The molecule has 0 aliphatic heterocycles. The molecule has 0 saturated heterocycles. The molecule has 0 atom stereocenters. The van der Waals surface area contributed by atoms with Gasteiger partial charge in [-0.2, -0.15) is 0 Å². The van der Waals surface area contributed by atoms with Gasteiger partial charge in [0.05, 0.1) is 23.2 Å². The van der Waals surface area contributed by atoms with Gasteiger partial charge in [0.15, 0.2) is 0 Å². The monoisotopic (exact) mass is 529 g/mol. The van der Waals surface area contributed by atoms with Crippen molar-refractivity contribution in [3.05, 3.63) is 69.8 Å². The lowest BCUT2D eigenvalue weighted by Gasteiger charge is -2.28. The molecule has 1 fully saturated rings. The molecule has 3 aromatic rings. The second kappa shape index (κ2) is 12.6. The number of esters is 1. The molecule has 0 spiro atoms. The van der Waals surface area contributed by atoms with Gasteiger partial charge in [0, 0.05) is 42.7 Å². The van der Waals surface area contributed by atoms with E-state index in [9.17, 15) is 9.59 Å². The van der Waals surface area contributed by atoms with Gasteiger partial charge in [-0.1, -0.05) is 47.5 Å². The summed E-state index contributed by atoms with van der Waals surface area (Å²) in [6.45, 7) is 4.29. The first-order valence-electron chi connectivity index (χ1n) is 12.6. The fraction of sp³-hybridized carbons (Fsp3) is 0.429. The average molecular weight is 530 g/mol. The number of aromatic amines is 1. The molecule has 1 aliphatic rings. The van der Waals surface area contributed by atoms with Gasteiger partial charge in [0.1, 0.15) is 0 Å². The molecule has 0 radical (unpaired) electrons. The Morgan fingerprint density at radius 3 is 2.64 bits per heavy atom. The van der Waals surface area contributed by atoms with Crippen LogP contribution in [0.3, 0.4) is 0 Å². The quantitative estimate of drug-likeness (QED) is 0.282. The fourth-order valence-electron chi connectivity index (χ4n) is 4.51. The van der Waals surface area contributed by atoms with Crippen LogP contribution < -0.4 is 0 Å². The Kier molecular flexibility index (Phi) is 9.30. The van der Waals surface area contributed by atoms with E-state index in [1.54, 1.807) is 6.07 Å². The van der Waals surface area contributed by atoms with Gasteiger partial charge in [-0.3, -0.25) is 14.5 Å². The van der Waals surface area contributed by atoms with Crippen molar-refractivity contribution in [1.82, 2.24) is 14.8 Å². The predicted octanol–water partition coefficient (Wildman–Crippen LogP) is 5.85. The zero-order valence-electron chi connectivity index (χ0n) is 20.6. The summed E-state index contributed by atoms with van der Waals surface area (Å²) in [6, 6.07) is 14.1. The Balaban J connectivity index is 1.44. The van der Waals surface area contributed by atoms with Crippen LogP contribution in [0.15, 0.2) is 48.7 Å². The number of nitrogens with zero attached hydrogens (tertiary/aromatic N) is 2. The minimum atomic E-state index is -0.181. The molecule has 1 aliphatic carbocycles. The highest BCUT2D eigenvalue weighted by Gasteiger charge is 2.31. The lowest BCUT2D eigenvalue weighted by Crippen LogP contribution is -2.42. The topological polar surface area (TPSA) is 65.6 Å². The summed E-state index contributed by atoms with van der Waals surface area (Å²) in [5.41, 5.74) is 3.22. The molecule has 1 heterocycles. The first-order chi connectivity index (χ1) is 17.4. The van der Waals surface area contributed by atoms with Gasteiger partial charge in [-0.05, 0) is 68.5 Å². The average Bonchev–Trinajstić information content (AvgIpc) is 3.63. The van der Waals surface area contributed by atoms with Gasteiger partial charge >= 0.3 is 5.97 Å². The molecule has 1 saturated carbocycles. The summed E-state index contributed by atoms with van der Waals surface area (Å²) in [5.74, 6) is -0.108. The highest BCUT2D eigenvalue weighted by atomic mass is 35.5. The Labute approximate surface area is 222 Å². The first-order valence-corrected chi connectivity index (χ1v) is 13.4. The summed E-state index contributed by atoms with van der Waals surface area (Å²) in [6.07, 6.45) is 6.01. The van der Waals surface area contributed by atoms with E-state index in [2.05, 4.69) is 22.0 Å². The maximum atomic E-state index is 13.6. The molecule has 0 unspecified atom stereocenters. The number of amides is 1. The van der Waals surface area contributed by atoms with Gasteiger partial charge in [-0.15, -0.1) is 0 Å². The molecule has 36 heavy (non-hydrogen) atoms. The van der Waals surface area contributed by atoms with E-state index >= 15 is 0 Å². The number of para-hydroxylation sites is 1. The Morgan fingerprint density at radius 2 is 1.89 bits per heavy atom. The summed E-state index contributed by atoms with van der Waals surface area (Å²) < 4.78 is 5.05. The molecule has 1 N–H and O–H groups in total. The third-order valence-corrected chi connectivity index (χ3v) is 7.31. The molecule has 8 heteroatoms. The van der Waals surface area contributed by atoms with E-state index in [1.807, 2.05) is 42.3 Å². The smallest absolute Gasteiger partial charge is 0.305 e. The van der Waals surface area contributed by atoms with Gasteiger partial charge in [0.2, 0.25) is 5.91 Å². The number of halogens is 2. The molecule has 0 bridgehead atoms. The number of ether oxygens (including phenoxy) is 1. The van der Waals surface area contributed by atoms with Crippen LogP contribution in [0.4, 0.5) is 0 Å². The molecule has 192 valence electrons. The summed E-state index contributed by atoms with van der Waals surface area (Å²) in [7, 11) is 0. The number of H-pyrrole nitrogens is 1. The number of benzene rings is 2. The maximum Gasteiger partial charge on any atom is 0.305 e. The highest BCUT2D eigenvalue weighted by Crippen LogP contribution is 2.28. The molecule has 1 aromatic heterocycles. The first kappa shape index (κ1) is 26.5. The molecule has 2 aromatic carbocycles. The minimum absolute atomic E-state index is 0.0731. The predicted molar refractivity (Wildman–Crippen MR) is 144 cm³/mol. The van der Waals surface area contributed by atoms with Crippen molar-refractivity contribution in [3.8, 4) is 0 Å². The molecular weight excluding hydrogens is 497 g/mol. The van der Waals surface area contributed by atoms with Crippen LogP contribution in [0.2, 0.25) is 10.0 Å². The number of carbonyl (C=O) groups excluding carboxylic acids is 2. The zero-order chi connectivity index (χ0) is 25.5. The van der Waals surface area contributed by atoms with E-state index in [1.165, 1.54) is 10.9 Å². The summed E-state index contributed by atoms with van der Waals surface area (Å²) >= 11 is 12.4. The number of aromatic nitrogens is 1. The van der Waals surface area contributed by atoms with Crippen LogP contribution in [0.1, 0.15) is 43.7 Å². The summed E-state index contributed by atoms with van der Waals surface area (Å²) in [5, 5.41) is 2.16. The third kappa shape index (κ3) is 7.25. The van der Waals surface area contributed by atoms with Crippen LogP contribution >= 0.6 is 23.2 Å². The van der Waals surface area contributed by atoms with Crippen LogP contribution in [0, 0.1) is 0 Å². The van der Waals surface area contributed by atoms with Crippen molar-refractivity contribution in [1.29, 1.82) is 0 Å². The lowest BCUT2D eigenvalue weighted by molar-refractivity contribution is -0.143. The normalized spacial score (nSPS) is 13.3. The minimum Gasteiger partial charge on any atom is -0.466 e. The van der Waals surface area contributed by atoms with Gasteiger partial charge in [0.25, 0.3) is 0 Å². The van der Waals surface area contributed by atoms with Gasteiger partial charge < -0.3 is 14.6 Å². The van der Waals surface area contributed by atoms with Gasteiger partial charge in [-0.25, -0.2) is 0 Å². The van der Waals surface area contributed by atoms with Crippen LogP contribution in [-0.4, -0.2) is 58.9 Å². The molecule has 6 nitrogen and oxygen atoms in total. The van der Waals surface area contributed by atoms with Crippen molar-refractivity contribution in [2.75, 3.05) is 26.2 Å². The van der Waals surface area contributed by atoms with E-state index in [0.29, 0.717) is 61.7 Å². The van der Waals surface area contributed by atoms with Crippen LogP contribution in [0.5, 0.6) is 0 Å². The lowest BCUT2D eigenvalue weighted by atomic mass is 10.1. The van der Waals surface area contributed by atoms with Crippen molar-refractivity contribution in [2.45, 2.75) is 51.6 Å². The zero-order valence-corrected chi connectivity index (χ0v) is 22.2. The van der Waals surface area contributed by atoms with Crippen molar-refractivity contribution >= 4 is 46.0 Å². The van der Waals surface area contributed by atoms with E-state index in [0.717, 1.165) is 30.3 Å². The number of rotatable bonds is 13. The number of hydrogen-bond donors (Lipinski definition) is 1. The Morgan fingerprint density at radius 1 is 1.08 bits per heavy atom. The number of hydrogen-bond acceptors (Lipinski definition) is 4. The number of carbonyl (C=O) groups is 2. The van der Waals surface area contributed by atoms with Crippen LogP contribution in [-0.2, 0) is 27.3 Å². The van der Waals surface area contributed by atoms with Crippen molar-refractivity contribution in [3.63, 3.8) is 0 Å². The SMILES string of the molecule is CCOC(=O)CCCN(CC(=O)N(CCc1c[nH]c2ccccc12)Cc1ccc(Cl)c(Cl)c1)C1CC1. The van der Waals surface area contributed by atoms with Crippen molar-refractivity contribution < 1.29 is 14.3 Å². The molecular formula is C28H33Cl2N3O3. The second-order valence-corrected chi connectivity index (χ2v) is 10.1. The Hall–Kier alpha value is -2.54. The standard InChI is InChI=1S/C28H33Cl2N3O3/c1-2-36-28(35)8-5-14-32(22-10-11-22)19-27(34)33(18-20-9-12-24(29)25(30)16-20)15-13-21-17-31-26-7-4-3-6-23(21)26/h3-4,6-7,9,12,16-17,22,31H,2,5,8,10-11,13-15,18-19H2,1H3. The number of nitrogens with one attached hydrogen (secondary N) is 1.